The summed E-state index contributed by atoms with van der Waals surface area (Å²) in [6, 6.07) is 25.0. The topological polar surface area (TPSA) is 65.6 Å². The van der Waals surface area contributed by atoms with Gasteiger partial charge in [0.05, 0.1) is 28.5 Å². The summed E-state index contributed by atoms with van der Waals surface area (Å²) in [5.74, 6) is -0.484. The van der Waals surface area contributed by atoms with Crippen LogP contribution in [0.3, 0.4) is 0 Å². The molecule has 200 valence electrons. The predicted molar refractivity (Wildman–Crippen MR) is 159 cm³/mol. The monoisotopic (exact) mass is 567 g/mol. The number of allylic oxidation sites excluding steroid dienone is 1. The molecule has 0 saturated carbocycles. The highest BCUT2D eigenvalue weighted by Gasteiger charge is 2.33. The molecule has 8 heteroatoms. The van der Waals surface area contributed by atoms with Crippen LogP contribution in [0.5, 0.6) is 0 Å². The van der Waals surface area contributed by atoms with Gasteiger partial charge in [-0.3, -0.25) is 9.36 Å². The number of aromatic nitrogens is 2. The number of hydrogen-bond acceptors (Lipinski definition) is 5. The molecule has 0 aliphatic carbocycles. The van der Waals surface area contributed by atoms with Crippen LogP contribution >= 0.6 is 22.9 Å². The Morgan fingerprint density at radius 2 is 1.77 bits per heavy atom. The average molecular weight is 568 g/mol. The summed E-state index contributed by atoms with van der Waals surface area (Å²) in [6.45, 7) is 4.48. The Hall–Kier alpha value is -4.20. The molecule has 0 spiro atoms. The molecule has 0 N–H and O–H groups in total. The lowest BCUT2D eigenvalue weighted by molar-refractivity contribution is -0.139. The maximum absolute atomic E-state index is 14.0. The van der Waals surface area contributed by atoms with Crippen molar-refractivity contribution < 1.29 is 9.53 Å². The normalized spacial score (nSPS) is 15.3. The van der Waals surface area contributed by atoms with E-state index in [1.807, 2.05) is 48.5 Å². The fourth-order valence-corrected chi connectivity index (χ4v) is 6.36. The first-order valence-corrected chi connectivity index (χ1v) is 14.2. The first kappa shape index (κ1) is 26.0. The van der Waals surface area contributed by atoms with Crippen molar-refractivity contribution in [1.29, 1.82) is 0 Å². The largest absolute Gasteiger partial charge is 0.463 e. The minimum absolute atomic E-state index is 0.210. The zero-order chi connectivity index (χ0) is 27.8. The van der Waals surface area contributed by atoms with Crippen molar-refractivity contribution in [3.63, 3.8) is 0 Å². The Morgan fingerprint density at radius 3 is 2.52 bits per heavy atom. The average Bonchev–Trinajstić information content (AvgIpc) is 3.45. The first-order valence-electron chi connectivity index (χ1n) is 13.0. The van der Waals surface area contributed by atoms with Gasteiger partial charge < -0.3 is 9.30 Å². The number of thiazole rings is 1. The highest BCUT2D eigenvalue weighted by atomic mass is 35.5. The maximum atomic E-state index is 14.0. The highest BCUT2D eigenvalue weighted by Crippen LogP contribution is 2.31. The Labute approximate surface area is 239 Å². The number of rotatable bonds is 6. The molecule has 5 aromatic rings. The van der Waals surface area contributed by atoms with Crippen molar-refractivity contribution in [1.82, 2.24) is 9.13 Å². The Balaban J connectivity index is 1.52. The number of nitrogens with zero attached hydrogens (tertiary/aromatic N) is 3. The third kappa shape index (κ3) is 4.72. The van der Waals surface area contributed by atoms with Gasteiger partial charge in [-0.2, -0.15) is 0 Å². The first-order chi connectivity index (χ1) is 19.4. The summed E-state index contributed by atoms with van der Waals surface area (Å²) >= 11 is 7.48. The van der Waals surface area contributed by atoms with Crippen molar-refractivity contribution in [2.24, 2.45) is 4.99 Å². The molecular weight excluding hydrogens is 542 g/mol. The summed E-state index contributed by atoms with van der Waals surface area (Å²) in [7, 11) is 0. The highest BCUT2D eigenvalue weighted by molar-refractivity contribution is 7.07. The molecule has 1 aliphatic heterocycles. The molecule has 0 radical (unpaired) electrons. The van der Waals surface area contributed by atoms with Crippen LogP contribution in [-0.4, -0.2) is 21.7 Å². The molecule has 0 amide bonds. The predicted octanol–water partition coefficient (Wildman–Crippen LogP) is 5.45. The standard InChI is InChI=1S/C32H26ClN3O3S/c1-3-39-31(38)28-20(2)34-32-36(29(28)22-13-15-24(33)16-14-22)30(37)27(40-32)17-23-19-35(18-21-9-5-4-6-10-21)26-12-8-7-11-25(23)26/h4-17,19,29H,3,18H2,1-2H3. The number of esters is 1. The molecule has 3 aromatic carbocycles. The molecule has 0 fully saturated rings. The molecule has 6 nitrogen and oxygen atoms in total. The third-order valence-corrected chi connectivity index (χ3v) is 8.24. The van der Waals surface area contributed by atoms with Crippen LogP contribution in [-0.2, 0) is 16.1 Å². The van der Waals surface area contributed by atoms with E-state index in [0.29, 0.717) is 25.6 Å². The second kappa shape index (κ2) is 10.8. The third-order valence-electron chi connectivity index (χ3n) is 7.00. The Bertz CT molecular complexity index is 1950. The maximum Gasteiger partial charge on any atom is 0.338 e. The minimum atomic E-state index is -0.672. The van der Waals surface area contributed by atoms with E-state index in [-0.39, 0.29) is 12.2 Å². The second-order valence-corrected chi connectivity index (χ2v) is 11.0. The van der Waals surface area contributed by atoms with Crippen LogP contribution in [0, 0.1) is 0 Å². The quantitative estimate of drug-likeness (QED) is 0.256. The molecule has 1 unspecified atom stereocenters. The van der Waals surface area contributed by atoms with Gasteiger partial charge in [-0.25, -0.2) is 9.79 Å². The van der Waals surface area contributed by atoms with E-state index in [1.54, 1.807) is 30.5 Å². The van der Waals surface area contributed by atoms with Gasteiger partial charge in [0, 0.05) is 34.2 Å². The lowest BCUT2D eigenvalue weighted by Crippen LogP contribution is -2.39. The van der Waals surface area contributed by atoms with Crippen LogP contribution in [0.25, 0.3) is 17.0 Å². The summed E-state index contributed by atoms with van der Waals surface area (Å²) in [5.41, 5.74) is 4.66. The van der Waals surface area contributed by atoms with Crippen molar-refractivity contribution in [3.8, 4) is 0 Å². The van der Waals surface area contributed by atoms with Gasteiger partial charge in [-0.05, 0) is 49.2 Å². The van der Waals surface area contributed by atoms with Crippen LogP contribution < -0.4 is 14.9 Å². The van der Waals surface area contributed by atoms with Crippen LogP contribution in [0.1, 0.15) is 36.6 Å². The number of benzene rings is 3. The van der Waals surface area contributed by atoms with E-state index >= 15 is 0 Å². The number of fused-ring (bicyclic) bond motifs is 2. The van der Waals surface area contributed by atoms with Gasteiger partial charge in [0.2, 0.25) is 0 Å². The summed E-state index contributed by atoms with van der Waals surface area (Å²) in [4.78, 5) is 32.3. The number of ether oxygens (including phenoxy) is 1. The van der Waals surface area contributed by atoms with E-state index in [9.17, 15) is 9.59 Å². The van der Waals surface area contributed by atoms with E-state index < -0.39 is 12.0 Å². The number of para-hydroxylation sites is 1. The van der Waals surface area contributed by atoms with E-state index in [2.05, 4.69) is 40.0 Å². The molecule has 2 aromatic heterocycles. The smallest absolute Gasteiger partial charge is 0.338 e. The van der Waals surface area contributed by atoms with Gasteiger partial charge in [-0.1, -0.05) is 83.6 Å². The van der Waals surface area contributed by atoms with Gasteiger partial charge >= 0.3 is 5.97 Å². The van der Waals surface area contributed by atoms with Crippen molar-refractivity contribution in [2.45, 2.75) is 26.4 Å². The fraction of sp³-hybridized carbons (Fsp3) is 0.156. The van der Waals surface area contributed by atoms with Crippen molar-refractivity contribution in [3.05, 3.63) is 138 Å². The van der Waals surface area contributed by atoms with Gasteiger partial charge in [-0.15, -0.1) is 0 Å². The molecule has 6 rings (SSSR count). The second-order valence-electron chi connectivity index (χ2n) is 9.57. The van der Waals surface area contributed by atoms with E-state index in [0.717, 1.165) is 28.6 Å². The lowest BCUT2D eigenvalue weighted by atomic mass is 9.96. The van der Waals surface area contributed by atoms with Crippen molar-refractivity contribution >= 4 is 45.9 Å². The summed E-state index contributed by atoms with van der Waals surface area (Å²) < 4.78 is 9.72. The molecule has 3 heterocycles. The molecule has 0 saturated heterocycles. The van der Waals surface area contributed by atoms with Crippen LogP contribution in [0.4, 0.5) is 0 Å². The van der Waals surface area contributed by atoms with E-state index in [4.69, 9.17) is 16.3 Å². The molecular formula is C32H26ClN3O3S. The summed E-state index contributed by atoms with van der Waals surface area (Å²) in [6.07, 6.45) is 4.01. The van der Waals surface area contributed by atoms with Crippen LogP contribution in [0.15, 0.2) is 106 Å². The molecule has 1 aliphatic rings. The summed E-state index contributed by atoms with van der Waals surface area (Å²) in [5, 5.41) is 1.63. The number of hydrogen-bond donors (Lipinski definition) is 0. The fourth-order valence-electron chi connectivity index (χ4n) is 5.19. The Morgan fingerprint density at radius 1 is 1.05 bits per heavy atom. The SMILES string of the molecule is CCOC(=O)C1=C(C)N=c2sc(=Cc3cn(Cc4ccccc4)c4ccccc34)c(=O)n2C1c1ccc(Cl)cc1. The number of halogens is 1. The zero-order valence-corrected chi connectivity index (χ0v) is 23.6. The lowest BCUT2D eigenvalue weighted by Gasteiger charge is -2.24. The molecule has 40 heavy (non-hydrogen) atoms. The molecule has 0 bridgehead atoms. The number of carbonyl (C=O) groups excluding carboxylic acids is 1. The van der Waals surface area contributed by atoms with Gasteiger partial charge in [0.1, 0.15) is 0 Å². The van der Waals surface area contributed by atoms with Crippen LogP contribution in [0.2, 0.25) is 5.02 Å². The van der Waals surface area contributed by atoms with Crippen molar-refractivity contribution in [2.75, 3.05) is 6.61 Å². The Kier molecular flexibility index (Phi) is 7.00. The van der Waals surface area contributed by atoms with E-state index in [1.165, 1.54) is 16.9 Å². The van der Waals surface area contributed by atoms with Gasteiger partial charge in [0.25, 0.3) is 5.56 Å². The minimum Gasteiger partial charge on any atom is -0.463 e. The zero-order valence-electron chi connectivity index (χ0n) is 22.0. The van der Waals surface area contributed by atoms with Gasteiger partial charge in [0.15, 0.2) is 4.80 Å². The molecule has 1 atom stereocenters. The number of carbonyl (C=O) groups is 1.